The lowest BCUT2D eigenvalue weighted by Gasteiger charge is -2.42. The highest BCUT2D eigenvalue weighted by Gasteiger charge is 2.39. The molecule has 1 aromatic rings. The number of hydrogen-bond acceptors (Lipinski definition) is 6. The van der Waals surface area contributed by atoms with Gasteiger partial charge in [0.15, 0.2) is 0 Å². The third kappa shape index (κ3) is 5.94. The molecule has 1 atom stereocenters. The average Bonchev–Trinajstić information content (AvgIpc) is 2.63. The molecule has 0 spiro atoms. The normalized spacial score (nSPS) is 21.5. The Morgan fingerprint density at radius 1 is 1.32 bits per heavy atom. The smallest absolute Gasteiger partial charge is 0.303 e. The van der Waals surface area contributed by atoms with Gasteiger partial charge in [-0.25, -0.2) is 4.39 Å². The van der Waals surface area contributed by atoms with E-state index in [0.717, 1.165) is 0 Å². The van der Waals surface area contributed by atoms with Gasteiger partial charge in [0.1, 0.15) is 11.9 Å². The summed E-state index contributed by atoms with van der Waals surface area (Å²) >= 11 is 0. The number of nitrogens with one attached hydrogen (secondary N) is 2. The van der Waals surface area contributed by atoms with Crippen LogP contribution < -0.4 is 15.5 Å². The molecule has 3 rings (SSSR count). The number of halogens is 1. The Labute approximate surface area is 180 Å². The molecule has 2 saturated heterocycles. The van der Waals surface area contributed by atoms with Crippen molar-refractivity contribution in [3.63, 3.8) is 0 Å². The molecule has 4 N–H and O–H groups in total. The molecule has 2 heterocycles. The number of nitrogens with zero attached hydrogens (tertiary/aromatic N) is 1. The fourth-order valence-corrected chi connectivity index (χ4v) is 4.59. The summed E-state index contributed by atoms with van der Waals surface area (Å²) in [6.45, 7) is 4.58. The van der Waals surface area contributed by atoms with Crippen LogP contribution in [0.25, 0.3) is 0 Å². The largest absolute Gasteiger partial charge is 0.481 e. The van der Waals surface area contributed by atoms with Gasteiger partial charge in [0.05, 0.1) is 17.7 Å². The lowest BCUT2D eigenvalue weighted by atomic mass is 9.74. The Morgan fingerprint density at radius 3 is 2.58 bits per heavy atom. The lowest BCUT2D eigenvalue weighted by Crippen LogP contribution is -2.47. The zero-order valence-electron chi connectivity index (χ0n) is 17.9. The molecule has 2 aliphatic heterocycles. The Hall–Kier alpha value is -2.68. The summed E-state index contributed by atoms with van der Waals surface area (Å²) in [7, 11) is 0. The third-order valence-corrected chi connectivity index (χ3v) is 6.00. The summed E-state index contributed by atoms with van der Waals surface area (Å²) in [4.78, 5) is 36.0. The molecule has 8 nitrogen and oxygen atoms in total. The molecule has 1 aromatic carbocycles. The van der Waals surface area contributed by atoms with E-state index in [2.05, 4.69) is 10.6 Å². The number of benzene rings is 1. The summed E-state index contributed by atoms with van der Waals surface area (Å²) in [5.41, 5.74) is -0.628. The average molecular weight is 435 g/mol. The molecular weight excluding hydrogens is 405 g/mol. The van der Waals surface area contributed by atoms with Crippen molar-refractivity contribution in [2.75, 3.05) is 23.3 Å². The maximum atomic E-state index is 14.8. The first-order valence-corrected chi connectivity index (χ1v) is 10.6. The highest BCUT2D eigenvalue weighted by atomic mass is 19.1. The Kier molecular flexibility index (Phi) is 6.54. The zero-order valence-corrected chi connectivity index (χ0v) is 17.9. The molecule has 0 bridgehead atoms. The van der Waals surface area contributed by atoms with Gasteiger partial charge in [-0.2, -0.15) is 0 Å². The van der Waals surface area contributed by atoms with E-state index in [1.165, 1.54) is 6.07 Å². The predicted octanol–water partition coefficient (Wildman–Crippen LogP) is 2.27. The molecule has 31 heavy (non-hydrogen) atoms. The number of carbonyl (C=O) groups excluding carboxylic acids is 2. The van der Waals surface area contributed by atoms with E-state index < -0.39 is 34.8 Å². The first-order chi connectivity index (χ1) is 14.5. The van der Waals surface area contributed by atoms with Crippen LogP contribution in [0.5, 0.6) is 0 Å². The Morgan fingerprint density at radius 2 is 2.00 bits per heavy atom. The maximum Gasteiger partial charge on any atom is 0.303 e. The second kappa shape index (κ2) is 8.82. The van der Waals surface area contributed by atoms with Crippen LogP contribution in [0.4, 0.5) is 15.8 Å². The van der Waals surface area contributed by atoms with E-state index in [4.69, 9.17) is 5.11 Å². The number of anilines is 2. The van der Waals surface area contributed by atoms with Crippen LogP contribution in [0.15, 0.2) is 18.2 Å². The van der Waals surface area contributed by atoms with Crippen LogP contribution in [0.2, 0.25) is 0 Å². The molecule has 1 unspecified atom stereocenters. The molecule has 9 heteroatoms. The minimum atomic E-state index is -0.973. The summed E-state index contributed by atoms with van der Waals surface area (Å²) in [6, 6.07) is 4.08. The van der Waals surface area contributed by atoms with Crippen LogP contribution in [0.1, 0.15) is 52.4 Å². The number of piperidine rings is 2. The third-order valence-electron chi connectivity index (χ3n) is 6.00. The van der Waals surface area contributed by atoms with E-state index in [9.17, 15) is 23.9 Å². The summed E-state index contributed by atoms with van der Waals surface area (Å²) in [6.07, 6.45) is 1.80. The van der Waals surface area contributed by atoms with Crippen LogP contribution in [0.3, 0.4) is 0 Å². The van der Waals surface area contributed by atoms with Gasteiger partial charge in [-0.15, -0.1) is 0 Å². The molecular formula is C22H30FN3O5. The van der Waals surface area contributed by atoms with Gasteiger partial charge in [-0.3, -0.25) is 19.7 Å². The monoisotopic (exact) mass is 435 g/mol. The SMILES string of the molecule is CC(C)(CC(=O)O)CC1(O)CCN(c2ccc(NC3CCC(=O)NC3=O)cc2F)CC1. The number of aliphatic carboxylic acids is 1. The first-order valence-electron chi connectivity index (χ1n) is 10.6. The van der Waals surface area contributed by atoms with Gasteiger partial charge in [-0.1, -0.05) is 13.8 Å². The quantitative estimate of drug-likeness (QED) is 0.485. The molecule has 0 radical (unpaired) electrons. The summed E-state index contributed by atoms with van der Waals surface area (Å²) < 4.78 is 14.8. The van der Waals surface area contributed by atoms with Crippen molar-refractivity contribution >= 4 is 29.2 Å². The second-order valence-corrected chi connectivity index (χ2v) is 9.44. The molecule has 2 amide bonds. The standard InChI is InChI=1S/C22H30FN3O5/c1-21(2,12-19(28)29)13-22(31)7-9-26(10-8-22)17-5-3-14(11-15(17)23)24-16-4-6-18(27)25-20(16)30/h3,5,11,16,24,31H,4,6-10,12-13H2,1-2H3,(H,28,29)(H,25,27,30). The Bertz CT molecular complexity index is 865. The van der Waals surface area contributed by atoms with Crippen molar-refractivity contribution in [1.29, 1.82) is 0 Å². The molecule has 2 fully saturated rings. The second-order valence-electron chi connectivity index (χ2n) is 9.44. The van der Waals surface area contributed by atoms with Crippen LogP contribution >= 0.6 is 0 Å². The minimum Gasteiger partial charge on any atom is -0.481 e. The minimum absolute atomic E-state index is 0.0186. The number of imide groups is 1. The van der Waals surface area contributed by atoms with Crippen LogP contribution in [-0.2, 0) is 14.4 Å². The van der Waals surface area contributed by atoms with Crippen molar-refractivity contribution in [3.05, 3.63) is 24.0 Å². The van der Waals surface area contributed by atoms with Crippen molar-refractivity contribution in [3.8, 4) is 0 Å². The van der Waals surface area contributed by atoms with Gasteiger partial charge in [-0.05, 0) is 49.3 Å². The molecule has 2 aliphatic rings. The van der Waals surface area contributed by atoms with Gasteiger partial charge in [0.25, 0.3) is 0 Å². The van der Waals surface area contributed by atoms with E-state index in [1.54, 1.807) is 12.1 Å². The number of carboxylic acids is 1. The van der Waals surface area contributed by atoms with E-state index in [1.807, 2.05) is 18.7 Å². The highest BCUT2D eigenvalue weighted by Crippen LogP contribution is 2.38. The van der Waals surface area contributed by atoms with Crippen molar-refractivity contribution in [2.45, 2.75) is 64.0 Å². The lowest BCUT2D eigenvalue weighted by molar-refractivity contribution is -0.140. The van der Waals surface area contributed by atoms with Gasteiger partial charge < -0.3 is 20.4 Å². The topological polar surface area (TPSA) is 119 Å². The highest BCUT2D eigenvalue weighted by molar-refractivity contribution is 6.01. The fraction of sp³-hybridized carbons (Fsp3) is 0.591. The van der Waals surface area contributed by atoms with Crippen molar-refractivity contribution < 1.29 is 29.0 Å². The van der Waals surface area contributed by atoms with E-state index in [-0.39, 0.29) is 18.7 Å². The van der Waals surface area contributed by atoms with Crippen LogP contribution in [0, 0.1) is 11.2 Å². The van der Waals surface area contributed by atoms with Gasteiger partial charge >= 0.3 is 5.97 Å². The maximum absolute atomic E-state index is 14.8. The summed E-state index contributed by atoms with van der Waals surface area (Å²) in [5.74, 6) is -2.05. The number of amides is 2. The van der Waals surface area contributed by atoms with Crippen molar-refractivity contribution in [1.82, 2.24) is 5.32 Å². The Balaban J connectivity index is 1.60. The number of carboxylic acid groups (broad SMARTS) is 1. The summed E-state index contributed by atoms with van der Waals surface area (Å²) in [5, 5.41) is 25.2. The van der Waals surface area contributed by atoms with E-state index in [0.29, 0.717) is 50.1 Å². The molecule has 170 valence electrons. The number of rotatable bonds is 7. The fourth-order valence-electron chi connectivity index (χ4n) is 4.59. The molecule has 0 aromatic heterocycles. The number of carbonyl (C=O) groups is 3. The van der Waals surface area contributed by atoms with E-state index >= 15 is 0 Å². The molecule has 0 aliphatic carbocycles. The molecule has 0 saturated carbocycles. The van der Waals surface area contributed by atoms with Crippen LogP contribution in [-0.4, -0.2) is 52.7 Å². The van der Waals surface area contributed by atoms with Gasteiger partial charge in [0, 0.05) is 25.2 Å². The first kappa shape index (κ1) is 23.0. The van der Waals surface area contributed by atoms with Gasteiger partial charge in [0.2, 0.25) is 11.8 Å². The zero-order chi connectivity index (χ0) is 22.8. The number of hydrogen-bond donors (Lipinski definition) is 4. The van der Waals surface area contributed by atoms with Crippen molar-refractivity contribution in [2.24, 2.45) is 5.41 Å². The predicted molar refractivity (Wildman–Crippen MR) is 113 cm³/mol. The number of aliphatic hydroxyl groups is 1.